The number of hydrogen-bond donors (Lipinski definition) is 2. The van der Waals surface area contributed by atoms with Gasteiger partial charge in [0.05, 0.1) is 0 Å². The molecule has 0 spiro atoms. The molecule has 5 nitrogen and oxygen atoms in total. The standard InChI is InChI=1S/C18H24F3N3O2/c1-12-5-6-14(9-15(12)23-16(25)10-18(19,20)21)17(26)22-13(2)11-24-7-3-4-8-24/h5-6,9,13H,3-4,7-8,10-11H2,1-2H3,(H,22,26)(H,23,25). The summed E-state index contributed by atoms with van der Waals surface area (Å²) in [4.78, 5) is 26.2. The second kappa shape index (κ2) is 8.53. The molecule has 26 heavy (non-hydrogen) atoms. The number of hydrogen-bond acceptors (Lipinski definition) is 3. The molecule has 1 aromatic rings. The van der Waals surface area contributed by atoms with Crippen molar-refractivity contribution >= 4 is 17.5 Å². The van der Waals surface area contributed by atoms with Gasteiger partial charge in [-0.1, -0.05) is 6.07 Å². The Balaban J connectivity index is 1.98. The molecule has 1 aliphatic heterocycles. The molecule has 0 saturated carbocycles. The van der Waals surface area contributed by atoms with Gasteiger partial charge >= 0.3 is 6.18 Å². The van der Waals surface area contributed by atoms with Gasteiger partial charge in [0, 0.05) is 23.8 Å². The summed E-state index contributed by atoms with van der Waals surface area (Å²) in [6.45, 7) is 6.38. The van der Waals surface area contributed by atoms with Gasteiger partial charge < -0.3 is 15.5 Å². The van der Waals surface area contributed by atoms with Crippen molar-refractivity contribution in [3.05, 3.63) is 29.3 Å². The largest absolute Gasteiger partial charge is 0.397 e. The van der Waals surface area contributed by atoms with Crippen LogP contribution in [0.15, 0.2) is 18.2 Å². The second-order valence-electron chi connectivity index (χ2n) is 6.75. The number of aryl methyl sites for hydroxylation is 1. The lowest BCUT2D eigenvalue weighted by Crippen LogP contribution is -2.41. The summed E-state index contributed by atoms with van der Waals surface area (Å²) in [7, 11) is 0. The van der Waals surface area contributed by atoms with Crippen LogP contribution in [-0.2, 0) is 4.79 Å². The summed E-state index contributed by atoms with van der Waals surface area (Å²) < 4.78 is 36.9. The van der Waals surface area contributed by atoms with Gasteiger partial charge in [-0.25, -0.2) is 0 Å². The number of anilines is 1. The van der Waals surface area contributed by atoms with Crippen molar-refractivity contribution in [2.24, 2.45) is 0 Å². The number of nitrogens with zero attached hydrogens (tertiary/aromatic N) is 1. The summed E-state index contributed by atoms with van der Waals surface area (Å²) in [5, 5.41) is 5.11. The molecular formula is C18H24F3N3O2. The van der Waals surface area contributed by atoms with Crippen molar-refractivity contribution in [1.82, 2.24) is 10.2 Å². The third-order valence-corrected chi connectivity index (χ3v) is 4.24. The van der Waals surface area contributed by atoms with E-state index < -0.39 is 18.5 Å². The lowest BCUT2D eigenvalue weighted by Gasteiger charge is -2.21. The van der Waals surface area contributed by atoms with Crippen molar-refractivity contribution in [3.63, 3.8) is 0 Å². The first kappa shape index (κ1) is 20.2. The van der Waals surface area contributed by atoms with Crippen LogP contribution in [0.4, 0.5) is 18.9 Å². The minimum atomic E-state index is -4.57. The average Bonchev–Trinajstić information content (AvgIpc) is 3.00. The minimum absolute atomic E-state index is 0.0508. The molecule has 0 radical (unpaired) electrons. The first-order valence-electron chi connectivity index (χ1n) is 8.64. The number of rotatable bonds is 6. The first-order chi connectivity index (χ1) is 12.1. The van der Waals surface area contributed by atoms with Gasteiger partial charge in [0.2, 0.25) is 5.91 Å². The van der Waals surface area contributed by atoms with Crippen LogP contribution >= 0.6 is 0 Å². The Bertz CT molecular complexity index is 656. The van der Waals surface area contributed by atoms with Crippen LogP contribution in [0.2, 0.25) is 0 Å². The molecule has 0 aromatic heterocycles. The van der Waals surface area contributed by atoms with Gasteiger partial charge in [-0.2, -0.15) is 13.2 Å². The van der Waals surface area contributed by atoms with Gasteiger partial charge in [0.15, 0.2) is 0 Å². The summed E-state index contributed by atoms with van der Waals surface area (Å²) in [6.07, 6.45) is -3.80. The third kappa shape index (κ3) is 6.33. The first-order valence-corrected chi connectivity index (χ1v) is 8.64. The predicted molar refractivity (Wildman–Crippen MR) is 93.1 cm³/mol. The number of benzene rings is 1. The molecule has 1 heterocycles. The summed E-state index contributed by atoms with van der Waals surface area (Å²) in [6, 6.07) is 4.54. The highest BCUT2D eigenvalue weighted by molar-refractivity contribution is 5.98. The fourth-order valence-corrected chi connectivity index (χ4v) is 2.98. The molecule has 0 bridgehead atoms. The number of carbonyl (C=O) groups excluding carboxylic acids is 2. The van der Waals surface area contributed by atoms with Crippen LogP contribution in [0.5, 0.6) is 0 Å². The van der Waals surface area contributed by atoms with Crippen molar-refractivity contribution in [1.29, 1.82) is 0 Å². The number of halogens is 3. The quantitative estimate of drug-likeness (QED) is 0.808. The van der Waals surface area contributed by atoms with Crippen LogP contribution in [0.3, 0.4) is 0 Å². The van der Waals surface area contributed by atoms with E-state index in [1.165, 1.54) is 18.9 Å². The van der Waals surface area contributed by atoms with E-state index in [0.29, 0.717) is 11.1 Å². The van der Waals surface area contributed by atoms with Crippen LogP contribution in [0.1, 0.15) is 42.1 Å². The minimum Gasteiger partial charge on any atom is -0.348 e. The van der Waals surface area contributed by atoms with E-state index in [-0.39, 0.29) is 17.6 Å². The van der Waals surface area contributed by atoms with E-state index in [0.717, 1.165) is 19.6 Å². The molecule has 2 amide bonds. The Kier molecular flexibility index (Phi) is 6.63. The number of alkyl halides is 3. The third-order valence-electron chi connectivity index (χ3n) is 4.24. The van der Waals surface area contributed by atoms with Crippen LogP contribution < -0.4 is 10.6 Å². The summed E-state index contributed by atoms with van der Waals surface area (Å²) >= 11 is 0. The zero-order valence-electron chi connectivity index (χ0n) is 14.9. The van der Waals surface area contributed by atoms with Gasteiger partial charge in [-0.3, -0.25) is 9.59 Å². The monoisotopic (exact) mass is 371 g/mol. The maximum atomic E-state index is 12.4. The highest BCUT2D eigenvalue weighted by Gasteiger charge is 2.31. The summed E-state index contributed by atoms with van der Waals surface area (Å²) in [5.41, 5.74) is 1.09. The van der Waals surface area contributed by atoms with Crippen LogP contribution in [-0.4, -0.2) is 48.6 Å². The van der Waals surface area contributed by atoms with E-state index in [4.69, 9.17) is 0 Å². The molecule has 8 heteroatoms. The van der Waals surface area contributed by atoms with Crippen LogP contribution in [0, 0.1) is 6.92 Å². The molecule has 144 valence electrons. The van der Waals surface area contributed by atoms with Gasteiger partial charge in [0.1, 0.15) is 6.42 Å². The van der Waals surface area contributed by atoms with Crippen LogP contribution in [0.25, 0.3) is 0 Å². The van der Waals surface area contributed by atoms with Crippen molar-refractivity contribution in [2.45, 2.75) is 45.3 Å². The zero-order chi connectivity index (χ0) is 19.3. The molecule has 1 aromatic carbocycles. The number of likely N-dealkylation sites (tertiary alicyclic amines) is 1. The van der Waals surface area contributed by atoms with Gasteiger partial charge in [-0.15, -0.1) is 0 Å². The van der Waals surface area contributed by atoms with Gasteiger partial charge in [0.25, 0.3) is 5.91 Å². The maximum absolute atomic E-state index is 12.4. The number of nitrogens with one attached hydrogen (secondary N) is 2. The predicted octanol–water partition coefficient (Wildman–Crippen LogP) is 3.10. The maximum Gasteiger partial charge on any atom is 0.397 e. The molecule has 1 atom stereocenters. The molecule has 2 rings (SSSR count). The Morgan fingerprint density at radius 2 is 1.88 bits per heavy atom. The zero-order valence-corrected chi connectivity index (χ0v) is 14.9. The lowest BCUT2D eigenvalue weighted by molar-refractivity contribution is -0.150. The normalized spacial score (nSPS) is 16.3. The van der Waals surface area contributed by atoms with Crippen molar-refractivity contribution in [2.75, 3.05) is 25.0 Å². The van der Waals surface area contributed by atoms with Crippen molar-refractivity contribution < 1.29 is 22.8 Å². The van der Waals surface area contributed by atoms with E-state index in [1.54, 1.807) is 19.1 Å². The molecule has 0 aliphatic carbocycles. The SMILES string of the molecule is Cc1ccc(C(=O)NC(C)CN2CCCC2)cc1NC(=O)CC(F)(F)F. The fourth-order valence-electron chi connectivity index (χ4n) is 2.98. The van der Waals surface area contributed by atoms with E-state index in [2.05, 4.69) is 15.5 Å². The molecule has 1 unspecified atom stereocenters. The Labute approximate surface area is 150 Å². The van der Waals surface area contributed by atoms with E-state index in [1.807, 2.05) is 6.92 Å². The highest BCUT2D eigenvalue weighted by Crippen LogP contribution is 2.22. The van der Waals surface area contributed by atoms with Gasteiger partial charge in [-0.05, 0) is 57.5 Å². The Morgan fingerprint density at radius 3 is 2.50 bits per heavy atom. The molecule has 2 N–H and O–H groups in total. The summed E-state index contributed by atoms with van der Waals surface area (Å²) in [5.74, 6) is -1.47. The smallest absolute Gasteiger partial charge is 0.348 e. The lowest BCUT2D eigenvalue weighted by atomic mass is 10.1. The molecule has 1 saturated heterocycles. The molecule has 1 aliphatic rings. The fraction of sp³-hybridized carbons (Fsp3) is 0.556. The molecule has 1 fully saturated rings. The average molecular weight is 371 g/mol. The van der Waals surface area contributed by atoms with Crippen molar-refractivity contribution in [3.8, 4) is 0 Å². The topological polar surface area (TPSA) is 61.4 Å². The Hall–Kier alpha value is -2.09. The molecular weight excluding hydrogens is 347 g/mol. The number of carbonyl (C=O) groups is 2. The second-order valence-corrected chi connectivity index (χ2v) is 6.75. The van der Waals surface area contributed by atoms with E-state index >= 15 is 0 Å². The van der Waals surface area contributed by atoms with E-state index in [9.17, 15) is 22.8 Å². The Morgan fingerprint density at radius 1 is 1.23 bits per heavy atom. The number of amides is 2. The highest BCUT2D eigenvalue weighted by atomic mass is 19.4.